The van der Waals surface area contributed by atoms with Crippen LogP contribution in [0.4, 0.5) is 5.69 Å². The van der Waals surface area contributed by atoms with E-state index >= 15 is 0 Å². The van der Waals surface area contributed by atoms with Gasteiger partial charge in [0, 0.05) is 12.3 Å². The van der Waals surface area contributed by atoms with Gasteiger partial charge < -0.3 is 24.8 Å². The summed E-state index contributed by atoms with van der Waals surface area (Å²) in [4.78, 5) is 13.7. The standard InChI is InChI=1S/C10H12N2O7/c13-6-4-18-10(8(15)7(6)14)19-9-5(12(16)17)2-1-3-11-9/h1-3,6-8,10,13-15H,4H2/t6-,7+,8-,10+/m1/s1. The molecule has 9 nitrogen and oxygen atoms in total. The van der Waals surface area contributed by atoms with Gasteiger partial charge in [-0.05, 0) is 6.07 Å². The number of pyridine rings is 1. The van der Waals surface area contributed by atoms with Crippen LogP contribution in [0.2, 0.25) is 0 Å². The van der Waals surface area contributed by atoms with Crippen LogP contribution in [-0.4, -0.2) is 56.4 Å². The van der Waals surface area contributed by atoms with E-state index in [0.717, 1.165) is 0 Å². The van der Waals surface area contributed by atoms with Crippen molar-refractivity contribution in [2.45, 2.75) is 24.6 Å². The number of nitrogens with zero attached hydrogens (tertiary/aromatic N) is 2. The SMILES string of the molecule is O=[N+]([O-])c1cccnc1O[C@@H]1OC[C@@H](O)[C@H](O)[C@H]1O. The molecule has 1 aliphatic rings. The number of hydrogen-bond acceptors (Lipinski definition) is 8. The molecule has 0 unspecified atom stereocenters. The van der Waals surface area contributed by atoms with Crippen molar-refractivity contribution in [2.75, 3.05) is 6.61 Å². The minimum Gasteiger partial charge on any atom is -0.440 e. The maximum absolute atomic E-state index is 10.8. The number of rotatable bonds is 3. The molecule has 1 saturated heterocycles. The summed E-state index contributed by atoms with van der Waals surface area (Å²) in [6.45, 7) is -0.260. The third-order valence-electron chi connectivity index (χ3n) is 2.63. The zero-order valence-electron chi connectivity index (χ0n) is 9.62. The van der Waals surface area contributed by atoms with Crippen LogP contribution in [0, 0.1) is 10.1 Å². The van der Waals surface area contributed by atoms with E-state index in [2.05, 4.69) is 4.98 Å². The first-order valence-corrected chi connectivity index (χ1v) is 5.42. The molecule has 0 saturated carbocycles. The monoisotopic (exact) mass is 272 g/mol. The van der Waals surface area contributed by atoms with E-state index in [0.29, 0.717) is 0 Å². The number of ether oxygens (including phenoxy) is 2. The Morgan fingerprint density at radius 2 is 2.16 bits per heavy atom. The van der Waals surface area contributed by atoms with Gasteiger partial charge in [-0.3, -0.25) is 10.1 Å². The molecule has 1 aromatic rings. The summed E-state index contributed by atoms with van der Waals surface area (Å²) in [6, 6.07) is 2.55. The van der Waals surface area contributed by atoms with Crippen LogP contribution < -0.4 is 4.74 Å². The molecule has 0 spiro atoms. The Bertz CT molecular complexity index is 469. The van der Waals surface area contributed by atoms with Gasteiger partial charge in [-0.2, -0.15) is 0 Å². The molecular weight excluding hydrogens is 260 g/mol. The molecule has 0 radical (unpaired) electrons. The fraction of sp³-hybridized carbons (Fsp3) is 0.500. The Morgan fingerprint density at radius 1 is 1.42 bits per heavy atom. The molecule has 4 atom stereocenters. The number of aliphatic hydroxyl groups is 3. The zero-order chi connectivity index (χ0) is 14.0. The lowest BCUT2D eigenvalue weighted by atomic mass is 10.1. The molecule has 104 valence electrons. The van der Waals surface area contributed by atoms with Gasteiger partial charge in [0.2, 0.25) is 6.29 Å². The van der Waals surface area contributed by atoms with Crippen molar-refractivity contribution >= 4 is 5.69 Å². The van der Waals surface area contributed by atoms with Crippen LogP contribution >= 0.6 is 0 Å². The second kappa shape index (κ2) is 5.45. The summed E-state index contributed by atoms with van der Waals surface area (Å²) >= 11 is 0. The molecule has 0 bridgehead atoms. The molecule has 0 aromatic carbocycles. The first-order valence-electron chi connectivity index (χ1n) is 5.42. The van der Waals surface area contributed by atoms with Gasteiger partial charge >= 0.3 is 5.69 Å². The number of aromatic nitrogens is 1. The van der Waals surface area contributed by atoms with Gasteiger partial charge in [0.1, 0.15) is 18.3 Å². The highest BCUT2D eigenvalue weighted by atomic mass is 16.7. The average molecular weight is 272 g/mol. The lowest BCUT2D eigenvalue weighted by Crippen LogP contribution is -2.54. The summed E-state index contributed by atoms with van der Waals surface area (Å²) in [7, 11) is 0. The van der Waals surface area contributed by atoms with E-state index < -0.39 is 29.5 Å². The fourth-order valence-electron chi connectivity index (χ4n) is 1.61. The van der Waals surface area contributed by atoms with Gasteiger partial charge in [-0.1, -0.05) is 0 Å². The Morgan fingerprint density at radius 3 is 2.84 bits per heavy atom. The van der Waals surface area contributed by atoms with Crippen LogP contribution in [0.3, 0.4) is 0 Å². The predicted octanol–water partition coefficient (Wildman–Crippen LogP) is -1.19. The van der Waals surface area contributed by atoms with Gasteiger partial charge in [0.05, 0.1) is 11.5 Å². The fourth-order valence-corrected chi connectivity index (χ4v) is 1.61. The van der Waals surface area contributed by atoms with Gasteiger partial charge in [0.25, 0.3) is 5.88 Å². The molecule has 1 aromatic heterocycles. The normalized spacial score (nSPS) is 30.9. The zero-order valence-corrected chi connectivity index (χ0v) is 9.62. The van der Waals surface area contributed by atoms with Gasteiger partial charge in [-0.15, -0.1) is 0 Å². The molecule has 1 aliphatic heterocycles. The minimum absolute atomic E-state index is 0.260. The first-order chi connectivity index (χ1) is 9.00. The number of nitro groups is 1. The topological polar surface area (TPSA) is 135 Å². The molecule has 0 aliphatic carbocycles. The van der Waals surface area contributed by atoms with E-state index in [-0.39, 0.29) is 18.2 Å². The Hall–Kier alpha value is -1.81. The van der Waals surface area contributed by atoms with Gasteiger partial charge in [-0.25, -0.2) is 4.98 Å². The van der Waals surface area contributed by atoms with Crippen LogP contribution in [-0.2, 0) is 4.74 Å². The smallest absolute Gasteiger partial charge is 0.331 e. The van der Waals surface area contributed by atoms with E-state index in [1.165, 1.54) is 18.3 Å². The second-order valence-corrected chi connectivity index (χ2v) is 3.95. The molecule has 0 amide bonds. The summed E-state index contributed by atoms with van der Waals surface area (Å²) in [6.07, 6.45) is -4.30. The Labute approximate surface area is 107 Å². The van der Waals surface area contributed by atoms with Crippen LogP contribution in [0.25, 0.3) is 0 Å². The minimum atomic E-state index is -1.54. The first kappa shape index (κ1) is 13.6. The highest BCUT2D eigenvalue weighted by Gasteiger charge is 2.40. The molecule has 2 rings (SSSR count). The van der Waals surface area contributed by atoms with Gasteiger partial charge in [0.15, 0.2) is 0 Å². The van der Waals surface area contributed by atoms with Crippen LogP contribution in [0.15, 0.2) is 18.3 Å². The molecule has 2 heterocycles. The maximum Gasteiger partial charge on any atom is 0.331 e. The van der Waals surface area contributed by atoms with E-state index in [4.69, 9.17) is 9.47 Å². The highest BCUT2D eigenvalue weighted by Crippen LogP contribution is 2.26. The van der Waals surface area contributed by atoms with Crippen molar-refractivity contribution in [1.82, 2.24) is 4.98 Å². The number of aliphatic hydroxyl groups excluding tert-OH is 3. The average Bonchev–Trinajstić information content (AvgIpc) is 2.40. The molecule has 19 heavy (non-hydrogen) atoms. The third kappa shape index (κ3) is 2.79. The molecular formula is C10H12N2O7. The van der Waals surface area contributed by atoms with Crippen molar-refractivity contribution in [3.63, 3.8) is 0 Å². The Balaban J connectivity index is 2.15. The van der Waals surface area contributed by atoms with Crippen LogP contribution in [0.5, 0.6) is 5.88 Å². The molecule has 3 N–H and O–H groups in total. The van der Waals surface area contributed by atoms with E-state index in [1.807, 2.05) is 0 Å². The lowest BCUT2D eigenvalue weighted by Gasteiger charge is -2.34. The Kier molecular flexibility index (Phi) is 3.90. The van der Waals surface area contributed by atoms with Crippen molar-refractivity contribution in [2.24, 2.45) is 0 Å². The van der Waals surface area contributed by atoms with Crippen LogP contribution in [0.1, 0.15) is 0 Å². The van der Waals surface area contributed by atoms with Crippen molar-refractivity contribution in [3.05, 3.63) is 28.4 Å². The largest absolute Gasteiger partial charge is 0.440 e. The lowest BCUT2D eigenvalue weighted by molar-refractivity contribution is -0.387. The van der Waals surface area contributed by atoms with Crippen molar-refractivity contribution < 1.29 is 29.7 Å². The summed E-state index contributed by atoms with van der Waals surface area (Å²) in [5.74, 6) is -0.333. The molecule has 9 heteroatoms. The van der Waals surface area contributed by atoms with E-state index in [9.17, 15) is 25.4 Å². The highest BCUT2D eigenvalue weighted by molar-refractivity contribution is 5.39. The summed E-state index contributed by atoms with van der Waals surface area (Å²) in [5.41, 5.74) is -0.390. The number of hydrogen-bond donors (Lipinski definition) is 3. The predicted molar refractivity (Wildman–Crippen MR) is 59.3 cm³/mol. The summed E-state index contributed by atoms with van der Waals surface area (Å²) < 4.78 is 10.0. The third-order valence-corrected chi connectivity index (χ3v) is 2.63. The quantitative estimate of drug-likeness (QED) is 0.461. The molecule has 1 fully saturated rings. The van der Waals surface area contributed by atoms with Crippen molar-refractivity contribution in [1.29, 1.82) is 0 Å². The second-order valence-electron chi connectivity index (χ2n) is 3.95. The van der Waals surface area contributed by atoms with Crippen molar-refractivity contribution in [3.8, 4) is 5.88 Å². The van der Waals surface area contributed by atoms with E-state index in [1.54, 1.807) is 0 Å². The summed E-state index contributed by atoms with van der Waals surface area (Å²) in [5, 5.41) is 39.1. The maximum atomic E-state index is 10.8.